The van der Waals surface area contributed by atoms with Crippen LogP contribution in [0.25, 0.3) is 16.8 Å². The average molecular weight is 506 g/mol. The zero-order chi connectivity index (χ0) is 24.7. The molecular formula is C24H29Cl2N5O3. The van der Waals surface area contributed by atoms with Crippen molar-refractivity contribution in [3.63, 3.8) is 0 Å². The van der Waals surface area contributed by atoms with Crippen LogP contribution in [0.2, 0.25) is 10.0 Å². The Labute approximate surface area is 208 Å². The number of ether oxygens (including phenoxy) is 1. The van der Waals surface area contributed by atoms with Gasteiger partial charge in [0.2, 0.25) is 5.95 Å². The number of fused-ring (bicyclic) bond motifs is 1. The lowest BCUT2D eigenvalue weighted by Gasteiger charge is -2.40. The van der Waals surface area contributed by atoms with Crippen LogP contribution in [0.3, 0.4) is 0 Å². The van der Waals surface area contributed by atoms with Gasteiger partial charge in [0.1, 0.15) is 11.2 Å². The largest absolute Gasteiger partial charge is 0.444 e. The molecule has 2 N–H and O–H groups in total. The molecule has 10 heteroatoms. The number of rotatable bonds is 4. The number of carbonyl (C=O) groups is 1. The molecule has 0 atom stereocenters. The fourth-order valence-corrected chi connectivity index (χ4v) is 4.59. The first-order valence-electron chi connectivity index (χ1n) is 11.2. The number of hydrogen-bond acceptors (Lipinski definition) is 6. The van der Waals surface area contributed by atoms with E-state index >= 15 is 0 Å². The van der Waals surface area contributed by atoms with E-state index in [1.165, 1.54) is 0 Å². The number of aliphatic hydroxyl groups excluding tert-OH is 1. The fourth-order valence-electron chi connectivity index (χ4n) is 4.19. The lowest BCUT2D eigenvalue weighted by molar-refractivity contribution is 0.0448. The number of imidazole rings is 1. The molecule has 2 aromatic heterocycles. The number of nitrogens with zero attached hydrogens (tertiary/aromatic N) is 4. The third-order valence-corrected chi connectivity index (χ3v) is 6.75. The predicted molar refractivity (Wildman–Crippen MR) is 134 cm³/mol. The molecule has 1 saturated heterocycles. The molecule has 1 amide bonds. The summed E-state index contributed by atoms with van der Waals surface area (Å²) >= 11 is 12.7. The van der Waals surface area contributed by atoms with Crippen molar-refractivity contribution in [3.05, 3.63) is 46.3 Å². The van der Waals surface area contributed by atoms with Crippen molar-refractivity contribution < 1.29 is 14.6 Å². The first-order valence-corrected chi connectivity index (χ1v) is 11.9. The van der Waals surface area contributed by atoms with Crippen LogP contribution in [-0.4, -0.2) is 49.8 Å². The number of aromatic nitrogens is 3. The van der Waals surface area contributed by atoms with Gasteiger partial charge in [-0.15, -0.1) is 0 Å². The first kappa shape index (κ1) is 24.6. The van der Waals surface area contributed by atoms with E-state index in [2.05, 4.69) is 15.2 Å². The maximum Gasteiger partial charge on any atom is 0.408 e. The van der Waals surface area contributed by atoms with Crippen molar-refractivity contribution in [2.75, 3.05) is 18.0 Å². The highest BCUT2D eigenvalue weighted by molar-refractivity contribution is 6.43. The number of carbonyl (C=O) groups excluding carboxylic acids is 1. The molecule has 0 unspecified atom stereocenters. The monoisotopic (exact) mass is 505 g/mol. The Bertz CT molecular complexity index is 1210. The molecule has 1 aliphatic heterocycles. The molecule has 3 heterocycles. The Balaban J connectivity index is 1.63. The first-order chi connectivity index (χ1) is 16.0. The Morgan fingerprint density at radius 1 is 1.26 bits per heavy atom. The van der Waals surface area contributed by atoms with E-state index in [1.54, 1.807) is 18.3 Å². The van der Waals surface area contributed by atoms with E-state index in [0.717, 1.165) is 0 Å². The van der Waals surface area contributed by atoms with Gasteiger partial charge in [-0.05, 0) is 46.6 Å². The van der Waals surface area contributed by atoms with Crippen LogP contribution >= 0.6 is 23.2 Å². The van der Waals surface area contributed by atoms with Crippen LogP contribution in [0.1, 0.15) is 46.2 Å². The Kier molecular flexibility index (Phi) is 6.68. The lowest BCUT2D eigenvalue weighted by Crippen LogP contribution is -2.54. The number of alkyl carbamates (subject to hydrolysis) is 1. The average Bonchev–Trinajstić information content (AvgIpc) is 3.23. The minimum absolute atomic E-state index is 0.277. The summed E-state index contributed by atoms with van der Waals surface area (Å²) < 4.78 is 7.33. The number of benzene rings is 1. The van der Waals surface area contributed by atoms with Gasteiger partial charge < -0.3 is 20.1 Å². The highest BCUT2D eigenvalue weighted by Gasteiger charge is 2.34. The van der Waals surface area contributed by atoms with Gasteiger partial charge in [-0.1, -0.05) is 35.3 Å². The molecule has 0 bridgehead atoms. The standard InChI is InChI=1S/C24H29Cl2N5O3/c1-23(2,3)34-22(33)29-24(4)8-11-30(12-9-24)21-28-17(14-32)18(20-27-10-13-31(20)21)15-6-5-7-16(25)19(15)26/h5-7,10,13,32H,8-9,11-12,14H2,1-4H3,(H,29,33). The zero-order valence-electron chi connectivity index (χ0n) is 19.7. The molecule has 0 radical (unpaired) electrons. The number of anilines is 1. The zero-order valence-corrected chi connectivity index (χ0v) is 21.2. The van der Waals surface area contributed by atoms with Gasteiger partial charge in [0, 0.05) is 36.6 Å². The molecule has 0 aliphatic carbocycles. The van der Waals surface area contributed by atoms with Crippen molar-refractivity contribution in [3.8, 4) is 11.1 Å². The number of halogens is 2. The molecule has 1 fully saturated rings. The second-order valence-electron chi connectivity index (χ2n) is 9.79. The summed E-state index contributed by atoms with van der Waals surface area (Å²) in [6, 6.07) is 5.36. The summed E-state index contributed by atoms with van der Waals surface area (Å²) in [4.78, 5) is 23.8. The number of nitrogens with one attached hydrogen (secondary N) is 1. The van der Waals surface area contributed by atoms with E-state index in [1.807, 2.05) is 44.4 Å². The molecule has 0 saturated carbocycles. The van der Waals surface area contributed by atoms with Gasteiger partial charge in [-0.25, -0.2) is 14.8 Å². The summed E-state index contributed by atoms with van der Waals surface area (Å²) in [5, 5.41) is 14.0. The number of piperidine rings is 1. The highest BCUT2D eigenvalue weighted by Crippen LogP contribution is 2.38. The predicted octanol–water partition coefficient (Wildman–Crippen LogP) is 5.08. The van der Waals surface area contributed by atoms with Gasteiger partial charge in [-0.2, -0.15) is 0 Å². The van der Waals surface area contributed by atoms with Crippen molar-refractivity contribution in [2.24, 2.45) is 0 Å². The second kappa shape index (κ2) is 9.24. The third kappa shape index (κ3) is 4.94. The number of amides is 1. The van der Waals surface area contributed by atoms with Crippen LogP contribution in [0.15, 0.2) is 30.6 Å². The summed E-state index contributed by atoms with van der Waals surface area (Å²) in [7, 11) is 0. The summed E-state index contributed by atoms with van der Waals surface area (Å²) in [5.41, 5.74) is 1.49. The van der Waals surface area contributed by atoms with Crippen molar-refractivity contribution in [2.45, 2.75) is 58.3 Å². The maximum atomic E-state index is 12.3. The van der Waals surface area contributed by atoms with E-state index in [9.17, 15) is 9.90 Å². The minimum Gasteiger partial charge on any atom is -0.444 e. The van der Waals surface area contributed by atoms with Gasteiger partial charge in [0.05, 0.1) is 27.9 Å². The topological polar surface area (TPSA) is 92.0 Å². The van der Waals surface area contributed by atoms with Crippen LogP contribution in [0.5, 0.6) is 0 Å². The van der Waals surface area contributed by atoms with Crippen LogP contribution in [0, 0.1) is 0 Å². The Morgan fingerprint density at radius 2 is 1.97 bits per heavy atom. The molecule has 3 aromatic rings. The summed E-state index contributed by atoms with van der Waals surface area (Å²) in [6.07, 6.45) is 4.54. The quantitative estimate of drug-likeness (QED) is 0.513. The molecule has 4 rings (SSSR count). The van der Waals surface area contributed by atoms with Crippen LogP contribution in [0.4, 0.5) is 10.7 Å². The van der Waals surface area contributed by atoms with E-state index in [-0.39, 0.29) is 12.1 Å². The fraction of sp³-hybridized carbons (Fsp3) is 0.458. The van der Waals surface area contributed by atoms with Crippen LogP contribution < -0.4 is 10.2 Å². The molecule has 1 aliphatic rings. The van der Waals surface area contributed by atoms with E-state index < -0.39 is 11.7 Å². The SMILES string of the molecule is CC1(NC(=O)OC(C)(C)C)CCN(c2nc(CO)c(-c3cccc(Cl)c3Cl)c3nccn23)CC1. The Morgan fingerprint density at radius 3 is 2.62 bits per heavy atom. The molecule has 1 aromatic carbocycles. The summed E-state index contributed by atoms with van der Waals surface area (Å²) in [5.74, 6) is 0.678. The molecule has 34 heavy (non-hydrogen) atoms. The molecule has 8 nitrogen and oxygen atoms in total. The van der Waals surface area contributed by atoms with Crippen molar-refractivity contribution in [1.29, 1.82) is 0 Å². The van der Waals surface area contributed by atoms with Gasteiger partial charge in [0.15, 0.2) is 0 Å². The lowest BCUT2D eigenvalue weighted by atomic mass is 9.90. The van der Waals surface area contributed by atoms with Crippen molar-refractivity contribution in [1.82, 2.24) is 19.7 Å². The third-order valence-electron chi connectivity index (χ3n) is 5.93. The molecule has 182 valence electrons. The van der Waals surface area contributed by atoms with E-state index in [0.29, 0.717) is 64.4 Å². The minimum atomic E-state index is -0.549. The van der Waals surface area contributed by atoms with Gasteiger partial charge in [0.25, 0.3) is 0 Å². The normalized spacial score (nSPS) is 16.0. The van der Waals surface area contributed by atoms with Crippen molar-refractivity contribution >= 4 is 40.9 Å². The summed E-state index contributed by atoms with van der Waals surface area (Å²) in [6.45, 7) is 8.61. The maximum absolute atomic E-state index is 12.3. The molecular weight excluding hydrogens is 477 g/mol. The Hall–Kier alpha value is -2.55. The molecule has 0 spiro atoms. The second-order valence-corrected chi connectivity index (χ2v) is 10.6. The highest BCUT2D eigenvalue weighted by atomic mass is 35.5. The number of hydrogen-bond donors (Lipinski definition) is 2. The smallest absolute Gasteiger partial charge is 0.408 e. The van der Waals surface area contributed by atoms with E-state index in [4.69, 9.17) is 32.9 Å². The van der Waals surface area contributed by atoms with Gasteiger partial charge >= 0.3 is 6.09 Å². The van der Waals surface area contributed by atoms with Gasteiger partial charge in [-0.3, -0.25) is 4.40 Å². The van der Waals surface area contributed by atoms with Crippen LogP contribution in [-0.2, 0) is 11.3 Å². The number of aliphatic hydroxyl groups is 1.